The molecule has 0 aliphatic heterocycles. The summed E-state index contributed by atoms with van der Waals surface area (Å²) >= 11 is 0.409. The third kappa shape index (κ3) is 2.61. The molecule has 0 saturated heterocycles. The number of Topliss-reactive ketones (excluding diaryl/α,β-unsaturated/α-hetero) is 2. The number of hydrogen-bond donors (Lipinski definition) is 0. The minimum absolute atomic E-state index is 0.149. The fourth-order valence-electron chi connectivity index (χ4n) is 1.96. The molecule has 0 aromatic carbocycles. The first-order valence-corrected chi connectivity index (χ1v) is 6.78. The van der Waals surface area contributed by atoms with Crippen molar-refractivity contribution in [1.29, 1.82) is 5.26 Å². The van der Waals surface area contributed by atoms with Crippen molar-refractivity contribution in [2.75, 3.05) is 0 Å². The first kappa shape index (κ1) is 14.7. The quantitative estimate of drug-likeness (QED) is 0.633. The number of nitriles is 1. The van der Waals surface area contributed by atoms with Gasteiger partial charge < -0.3 is 0 Å². The summed E-state index contributed by atoms with van der Waals surface area (Å²) in [6, 6.07) is 1.56. The normalized spacial score (nSPS) is 16.6. The number of thiophene rings is 1. The van der Waals surface area contributed by atoms with Gasteiger partial charge >= 0.3 is 6.18 Å². The van der Waals surface area contributed by atoms with Crippen LogP contribution in [0.2, 0.25) is 0 Å². The van der Waals surface area contributed by atoms with Gasteiger partial charge in [0.25, 0.3) is 0 Å². The van der Waals surface area contributed by atoms with E-state index in [4.69, 9.17) is 5.26 Å². The molecule has 2 rings (SSSR count). The largest absolute Gasteiger partial charge is 0.426 e. The summed E-state index contributed by atoms with van der Waals surface area (Å²) in [6.07, 6.45) is -3.47. The lowest BCUT2D eigenvalue weighted by Gasteiger charge is -2.11. The molecule has 1 aliphatic rings. The molecular formula is C13H10F3NO2S. The first-order chi connectivity index (χ1) is 9.27. The van der Waals surface area contributed by atoms with Gasteiger partial charge in [-0.1, -0.05) is 0 Å². The van der Waals surface area contributed by atoms with Crippen molar-refractivity contribution in [1.82, 2.24) is 0 Å². The van der Waals surface area contributed by atoms with Crippen LogP contribution < -0.4 is 0 Å². The minimum atomic E-state index is -4.66. The molecule has 1 fully saturated rings. The van der Waals surface area contributed by atoms with Crippen LogP contribution in [-0.4, -0.2) is 11.6 Å². The molecule has 1 unspecified atom stereocenters. The molecule has 7 heteroatoms. The average molecular weight is 301 g/mol. The second-order valence-corrected chi connectivity index (χ2v) is 5.60. The minimum Gasteiger partial charge on any atom is -0.297 e. The molecular weight excluding hydrogens is 291 g/mol. The third-order valence-electron chi connectivity index (χ3n) is 3.13. The van der Waals surface area contributed by atoms with E-state index < -0.39 is 34.1 Å². The van der Waals surface area contributed by atoms with Crippen molar-refractivity contribution in [2.24, 2.45) is 11.8 Å². The summed E-state index contributed by atoms with van der Waals surface area (Å²) < 4.78 is 38.6. The molecule has 0 spiro atoms. The average Bonchev–Trinajstić information content (AvgIpc) is 3.11. The second-order valence-electron chi connectivity index (χ2n) is 4.72. The molecule has 0 bridgehead atoms. The highest BCUT2D eigenvalue weighted by Crippen LogP contribution is 2.40. The van der Waals surface area contributed by atoms with Crippen molar-refractivity contribution in [2.45, 2.75) is 25.9 Å². The Balaban J connectivity index is 2.40. The maximum atomic E-state index is 12.9. The van der Waals surface area contributed by atoms with E-state index >= 15 is 0 Å². The summed E-state index contributed by atoms with van der Waals surface area (Å²) in [5, 5.41) is 10.2. The molecule has 1 saturated carbocycles. The van der Waals surface area contributed by atoms with Crippen LogP contribution in [0.25, 0.3) is 0 Å². The van der Waals surface area contributed by atoms with Crippen molar-refractivity contribution in [3.05, 3.63) is 21.4 Å². The molecule has 0 radical (unpaired) electrons. The van der Waals surface area contributed by atoms with Gasteiger partial charge in [-0.15, -0.1) is 11.3 Å². The molecule has 1 aliphatic carbocycles. The summed E-state index contributed by atoms with van der Waals surface area (Å²) in [4.78, 5) is 22.9. The zero-order valence-electron chi connectivity index (χ0n) is 10.5. The van der Waals surface area contributed by atoms with E-state index in [2.05, 4.69) is 0 Å². The van der Waals surface area contributed by atoms with Crippen LogP contribution >= 0.6 is 11.3 Å². The van der Waals surface area contributed by atoms with Crippen LogP contribution in [0.5, 0.6) is 0 Å². The standard InChI is InChI=1S/C13H10F3NO2S/c1-6-5-20-12(13(14,15)16)9(6)11(19)8(4-17)10(18)7-2-3-7/h5,7-8H,2-3H2,1H3. The summed E-state index contributed by atoms with van der Waals surface area (Å²) in [5.74, 6) is -3.57. The predicted octanol–water partition coefficient (Wildman–Crippen LogP) is 3.38. The number of carbonyl (C=O) groups excluding carboxylic acids is 2. The van der Waals surface area contributed by atoms with Crippen molar-refractivity contribution in [3.63, 3.8) is 0 Å². The Bertz CT molecular complexity index is 608. The summed E-state index contributed by atoms with van der Waals surface area (Å²) in [6.45, 7) is 1.37. The van der Waals surface area contributed by atoms with Crippen LogP contribution in [-0.2, 0) is 11.0 Å². The fraction of sp³-hybridized carbons (Fsp3) is 0.462. The second kappa shape index (κ2) is 5.02. The monoisotopic (exact) mass is 301 g/mol. The van der Waals surface area contributed by atoms with E-state index in [9.17, 15) is 22.8 Å². The molecule has 3 nitrogen and oxygen atoms in total. The number of halogens is 3. The van der Waals surface area contributed by atoms with Gasteiger partial charge in [0.1, 0.15) is 4.88 Å². The van der Waals surface area contributed by atoms with Crippen LogP contribution in [0.3, 0.4) is 0 Å². The van der Waals surface area contributed by atoms with Crippen molar-refractivity contribution < 1.29 is 22.8 Å². The lowest BCUT2D eigenvalue weighted by Crippen LogP contribution is -2.26. The number of nitrogens with zero attached hydrogens (tertiary/aromatic N) is 1. The number of aryl methyl sites for hydroxylation is 1. The fourth-order valence-corrected chi connectivity index (χ4v) is 2.88. The highest BCUT2D eigenvalue weighted by molar-refractivity contribution is 7.10. The first-order valence-electron chi connectivity index (χ1n) is 5.90. The molecule has 0 amide bonds. The summed E-state index contributed by atoms with van der Waals surface area (Å²) in [7, 11) is 0. The van der Waals surface area contributed by atoms with E-state index in [1.54, 1.807) is 6.07 Å². The van der Waals surface area contributed by atoms with Crippen LogP contribution in [0, 0.1) is 30.1 Å². The van der Waals surface area contributed by atoms with Gasteiger partial charge in [0.05, 0.1) is 6.07 Å². The van der Waals surface area contributed by atoms with Crippen molar-refractivity contribution in [3.8, 4) is 6.07 Å². The number of hydrogen-bond acceptors (Lipinski definition) is 4. The molecule has 1 atom stereocenters. The van der Waals surface area contributed by atoms with E-state index in [1.807, 2.05) is 0 Å². The number of ketones is 2. The predicted molar refractivity (Wildman–Crippen MR) is 65.2 cm³/mol. The Hall–Kier alpha value is -1.68. The van der Waals surface area contributed by atoms with Crippen LogP contribution in [0.4, 0.5) is 13.2 Å². The van der Waals surface area contributed by atoms with E-state index in [-0.39, 0.29) is 11.5 Å². The summed E-state index contributed by atoms with van der Waals surface area (Å²) in [5.41, 5.74) is -0.390. The molecule has 1 aromatic rings. The number of rotatable bonds is 4. The zero-order chi connectivity index (χ0) is 15.1. The van der Waals surface area contributed by atoms with E-state index in [0.29, 0.717) is 24.2 Å². The number of carbonyl (C=O) groups is 2. The Kier molecular flexibility index (Phi) is 3.69. The van der Waals surface area contributed by atoms with Gasteiger partial charge in [-0.2, -0.15) is 18.4 Å². The highest BCUT2D eigenvalue weighted by Gasteiger charge is 2.43. The Labute approximate surface area is 117 Å². The molecule has 1 heterocycles. The Morgan fingerprint density at radius 2 is 2.05 bits per heavy atom. The smallest absolute Gasteiger partial charge is 0.297 e. The van der Waals surface area contributed by atoms with Gasteiger partial charge in [0, 0.05) is 11.5 Å². The van der Waals surface area contributed by atoms with E-state index in [0.717, 1.165) is 0 Å². The van der Waals surface area contributed by atoms with Gasteiger partial charge in [0.15, 0.2) is 17.5 Å². The lowest BCUT2D eigenvalue weighted by atomic mass is 9.91. The molecule has 0 N–H and O–H groups in total. The SMILES string of the molecule is Cc1csc(C(F)(F)F)c1C(=O)C(C#N)C(=O)C1CC1. The highest BCUT2D eigenvalue weighted by atomic mass is 32.1. The molecule has 20 heavy (non-hydrogen) atoms. The van der Waals surface area contributed by atoms with E-state index in [1.165, 1.54) is 12.3 Å². The Morgan fingerprint density at radius 3 is 2.50 bits per heavy atom. The topological polar surface area (TPSA) is 57.9 Å². The maximum Gasteiger partial charge on any atom is 0.426 e. The van der Waals surface area contributed by atoms with Gasteiger partial charge in [-0.3, -0.25) is 9.59 Å². The number of alkyl halides is 3. The third-order valence-corrected chi connectivity index (χ3v) is 4.28. The molecule has 1 aromatic heterocycles. The Morgan fingerprint density at radius 1 is 1.45 bits per heavy atom. The zero-order valence-corrected chi connectivity index (χ0v) is 11.3. The van der Waals surface area contributed by atoms with Gasteiger partial charge in [-0.25, -0.2) is 0 Å². The van der Waals surface area contributed by atoms with Crippen molar-refractivity contribution >= 4 is 22.9 Å². The van der Waals surface area contributed by atoms with Gasteiger partial charge in [0.2, 0.25) is 0 Å². The maximum absolute atomic E-state index is 12.9. The lowest BCUT2D eigenvalue weighted by molar-refractivity contribution is -0.134. The van der Waals surface area contributed by atoms with Crippen LogP contribution in [0.1, 0.15) is 33.6 Å². The molecule has 106 valence electrons. The van der Waals surface area contributed by atoms with Gasteiger partial charge in [-0.05, 0) is 30.7 Å². The van der Waals surface area contributed by atoms with Crippen LogP contribution in [0.15, 0.2) is 5.38 Å².